The minimum absolute atomic E-state index is 0.0263. The van der Waals surface area contributed by atoms with E-state index in [1.54, 1.807) is 23.0 Å². The first-order valence-electron chi connectivity index (χ1n) is 7.81. The van der Waals surface area contributed by atoms with E-state index in [0.717, 1.165) is 4.88 Å². The highest BCUT2D eigenvalue weighted by Gasteiger charge is 2.26. The Kier molecular flexibility index (Phi) is 5.27. The highest BCUT2D eigenvalue weighted by Crippen LogP contribution is 2.34. The summed E-state index contributed by atoms with van der Waals surface area (Å²) in [6.07, 6.45) is 1.54. The van der Waals surface area contributed by atoms with Crippen molar-refractivity contribution in [3.8, 4) is 16.3 Å². The van der Waals surface area contributed by atoms with Gasteiger partial charge in [0.2, 0.25) is 0 Å². The number of benzene rings is 1. The van der Waals surface area contributed by atoms with Gasteiger partial charge in [0.15, 0.2) is 0 Å². The first-order valence-corrected chi connectivity index (χ1v) is 10.6. The molecular weight excluding hydrogens is 394 g/mol. The van der Waals surface area contributed by atoms with Gasteiger partial charge in [-0.1, -0.05) is 17.7 Å². The molecule has 0 saturated carbocycles. The standard InChI is InChI=1S/C17H18ClN3O3S2/c1-11(2)21-10-16(17(19-21)15-5-4-8-25-15)26(22,23)20-13-9-12(18)6-7-14(13)24-3/h4-11,20H,1-3H3. The van der Waals surface area contributed by atoms with Crippen LogP contribution in [0.2, 0.25) is 5.02 Å². The van der Waals surface area contributed by atoms with Crippen LogP contribution in [0.4, 0.5) is 5.69 Å². The van der Waals surface area contributed by atoms with Crippen LogP contribution in [0, 0.1) is 0 Å². The molecular formula is C17H18ClN3O3S2. The predicted molar refractivity (Wildman–Crippen MR) is 105 cm³/mol. The van der Waals surface area contributed by atoms with Crippen molar-refractivity contribution in [2.24, 2.45) is 0 Å². The lowest BCUT2D eigenvalue weighted by Crippen LogP contribution is -2.14. The van der Waals surface area contributed by atoms with Crippen molar-refractivity contribution in [1.29, 1.82) is 0 Å². The van der Waals surface area contributed by atoms with Gasteiger partial charge < -0.3 is 4.74 Å². The molecule has 3 rings (SSSR count). The van der Waals surface area contributed by atoms with Crippen LogP contribution in [0.3, 0.4) is 0 Å². The first kappa shape index (κ1) is 18.8. The molecule has 0 saturated heterocycles. The molecule has 2 heterocycles. The average Bonchev–Trinajstić information content (AvgIpc) is 3.24. The van der Waals surface area contributed by atoms with E-state index >= 15 is 0 Å². The molecule has 0 radical (unpaired) electrons. The predicted octanol–water partition coefficient (Wildman–Crippen LogP) is 4.66. The summed E-state index contributed by atoms with van der Waals surface area (Å²) in [5.41, 5.74) is 0.691. The lowest BCUT2D eigenvalue weighted by Gasteiger charge is -2.12. The number of rotatable bonds is 6. The van der Waals surface area contributed by atoms with Crippen molar-refractivity contribution in [3.05, 3.63) is 46.9 Å². The minimum Gasteiger partial charge on any atom is -0.495 e. The number of aromatic nitrogens is 2. The van der Waals surface area contributed by atoms with Crippen LogP contribution < -0.4 is 9.46 Å². The van der Waals surface area contributed by atoms with E-state index in [9.17, 15) is 8.42 Å². The van der Waals surface area contributed by atoms with Gasteiger partial charge in [0.1, 0.15) is 16.3 Å². The zero-order chi connectivity index (χ0) is 18.9. The van der Waals surface area contributed by atoms with E-state index in [1.165, 1.54) is 24.5 Å². The van der Waals surface area contributed by atoms with E-state index in [0.29, 0.717) is 16.5 Å². The molecule has 1 N–H and O–H groups in total. The third-order valence-corrected chi connectivity index (χ3v) is 6.16. The van der Waals surface area contributed by atoms with Crippen molar-refractivity contribution >= 4 is 38.6 Å². The molecule has 0 aliphatic heterocycles. The molecule has 0 bridgehead atoms. The maximum absolute atomic E-state index is 13.1. The topological polar surface area (TPSA) is 73.2 Å². The number of ether oxygens (including phenoxy) is 1. The number of nitrogens with one attached hydrogen (secondary N) is 1. The summed E-state index contributed by atoms with van der Waals surface area (Å²) in [5, 5.41) is 6.76. The zero-order valence-electron chi connectivity index (χ0n) is 14.4. The summed E-state index contributed by atoms with van der Waals surface area (Å²) >= 11 is 7.44. The molecule has 0 spiro atoms. The van der Waals surface area contributed by atoms with E-state index in [1.807, 2.05) is 31.4 Å². The lowest BCUT2D eigenvalue weighted by molar-refractivity contribution is 0.417. The molecule has 138 valence electrons. The monoisotopic (exact) mass is 411 g/mol. The molecule has 26 heavy (non-hydrogen) atoms. The van der Waals surface area contributed by atoms with Gasteiger partial charge in [-0.3, -0.25) is 9.40 Å². The Bertz CT molecular complexity index is 1010. The second kappa shape index (κ2) is 7.30. The van der Waals surface area contributed by atoms with Gasteiger partial charge >= 0.3 is 0 Å². The summed E-state index contributed by atoms with van der Waals surface area (Å²) in [7, 11) is -2.43. The molecule has 2 aromatic heterocycles. The van der Waals surface area contributed by atoms with Crippen molar-refractivity contribution in [3.63, 3.8) is 0 Å². The van der Waals surface area contributed by atoms with Gasteiger partial charge in [0.05, 0.1) is 17.7 Å². The van der Waals surface area contributed by atoms with Gasteiger partial charge in [-0.15, -0.1) is 11.3 Å². The Hall–Kier alpha value is -2.03. The number of methoxy groups -OCH3 is 1. The highest BCUT2D eigenvalue weighted by atomic mass is 35.5. The summed E-state index contributed by atoms with van der Waals surface area (Å²) in [5.74, 6) is 0.381. The van der Waals surface area contributed by atoms with Gasteiger partial charge in [0, 0.05) is 17.3 Å². The maximum atomic E-state index is 13.1. The normalized spacial score (nSPS) is 11.7. The molecule has 3 aromatic rings. The van der Waals surface area contributed by atoms with Crippen LogP contribution in [0.5, 0.6) is 5.75 Å². The molecule has 0 amide bonds. The number of hydrogen-bond acceptors (Lipinski definition) is 5. The number of sulfonamides is 1. The Balaban J connectivity index is 2.09. The number of nitrogens with zero attached hydrogens (tertiary/aromatic N) is 2. The number of anilines is 1. The number of halogens is 1. The van der Waals surface area contributed by atoms with Gasteiger partial charge in [-0.25, -0.2) is 8.42 Å². The largest absolute Gasteiger partial charge is 0.495 e. The fourth-order valence-electron chi connectivity index (χ4n) is 2.38. The van der Waals surface area contributed by atoms with E-state index < -0.39 is 10.0 Å². The van der Waals surface area contributed by atoms with E-state index in [2.05, 4.69) is 9.82 Å². The van der Waals surface area contributed by atoms with Crippen LogP contribution in [-0.4, -0.2) is 25.3 Å². The minimum atomic E-state index is -3.90. The van der Waals surface area contributed by atoms with Crippen LogP contribution >= 0.6 is 22.9 Å². The molecule has 6 nitrogen and oxygen atoms in total. The molecule has 0 atom stereocenters. The Labute approximate surface area is 161 Å². The molecule has 9 heteroatoms. The second-order valence-corrected chi connectivity index (χ2v) is 8.88. The van der Waals surface area contributed by atoms with Crippen LogP contribution in [0.25, 0.3) is 10.6 Å². The fourth-order valence-corrected chi connectivity index (χ4v) is 4.55. The first-order chi connectivity index (χ1) is 12.3. The molecule has 1 aromatic carbocycles. The van der Waals surface area contributed by atoms with Crippen LogP contribution in [0.15, 0.2) is 46.8 Å². The Morgan fingerprint density at radius 1 is 1.31 bits per heavy atom. The van der Waals surface area contributed by atoms with E-state index in [4.69, 9.17) is 16.3 Å². The van der Waals surface area contributed by atoms with E-state index in [-0.39, 0.29) is 16.6 Å². The smallest absolute Gasteiger partial charge is 0.265 e. The van der Waals surface area contributed by atoms with Crippen LogP contribution in [0.1, 0.15) is 19.9 Å². The average molecular weight is 412 g/mol. The van der Waals surface area contributed by atoms with Gasteiger partial charge in [-0.2, -0.15) is 5.10 Å². The van der Waals surface area contributed by atoms with Crippen molar-refractivity contribution in [2.75, 3.05) is 11.8 Å². The lowest BCUT2D eigenvalue weighted by atomic mass is 10.3. The number of thiophene rings is 1. The highest BCUT2D eigenvalue weighted by molar-refractivity contribution is 7.92. The maximum Gasteiger partial charge on any atom is 0.265 e. The van der Waals surface area contributed by atoms with Crippen molar-refractivity contribution in [1.82, 2.24) is 9.78 Å². The summed E-state index contributed by atoms with van der Waals surface area (Å²) in [4.78, 5) is 0.888. The summed E-state index contributed by atoms with van der Waals surface area (Å²) < 4.78 is 35.6. The molecule has 0 fully saturated rings. The third kappa shape index (κ3) is 3.72. The Morgan fingerprint density at radius 3 is 2.69 bits per heavy atom. The molecule has 0 unspecified atom stereocenters. The zero-order valence-corrected chi connectivity index (χ0v) is 16.8. The summed E-state index contributed by atoms with van der Waals surface area (Å²) in [6.45, 7) is 3.88. The SMILES string of the molecule is COc1ccc(Cl)cc1NS(=O)(=O)c1cn(C(C)C)nc1-c1cccs1. The van der Waals surface area contributed by atoms with Gasteiger partial charge in [-0.05, 0) is 43.5 Å². The fraction of sp³-hybridized carbons (Fsp3) is 0.235. The quantitative estimate of drug-likeness (QED) is 0.640. The molecule has 0 aliphatic rings. The van der Waals surface area contributed by atoms with Crippen LogP contribution in [-0.2, 0) is 10.0 Å². The van der Waals surface area contributed by atoms with Crippen molar-refractivity contribution < 1.29 is 13.2 Å². The Morgan fingerprint density at radius 2 is 2.08 bits per heavy atom. The number of hydrogen-bond donors (Lipinski definition) is 1. The summed E-state index contributed by atoms with van der Waals surface area (Å²) in [6, 6.07) is 8.48. The van der Waals surface area contributed by atoms with Gasteiger partial charge in [0.25, 0.3) is 10.0 Å². The second-order valence-electron chi connectivity index (χ2n) is 5.84. The third-order valence-electron chi connectivity index (χ3n) is 3.68. The molecule has 0 aliphatic carbocycles. The van der Waals surface area contributed by atoms with Crippen molar-refractivity contribution in [2.45, 2.75) is 24.8 Å².